The Kier molecular flexibility index (Phi) is 7.93. The van der Waals surface area contributed by atoms with Gasteiger partial charge in [-0.15, -0.1) is 0 Å². The number of aromatic nitrogens is 3. The molecule has 0 bridgehead atoms. The van der Waals surface area contributed by atoms with E-state index < -0.39 is 0 Å². The van der Waals surface area contributed by atoms with Crippen LogP contribution in [0.15, 0.2) is 67.3 Å². The van der Waals surface area contributed by atoms with Crippen molar-refractivity contribution in [3.63, 3.8) is 0 Å². The highest BCUT2D eigenvalue weighted by Gasteiger charge is 2.12. The van der Waals surface area contributed by atoms with Gasteiger partial charge >= 0.3 is 6.01 Å². The predicted octanol–water partition coefficient (Wildman–Crippen LogP) is 3.39. The summed E-state index contributed by atoms with van der Waals surface area (Å²) in [5.41, 5.74) is 2.42. The van der Waals surface area contributed by atoms with Gasteiger partial charge < -0.3 is 9.47 Å². The molecule has 7 heteroatoms. The van der Waals surface area contributed by atoms with E-state index in [1.807, 2.05) is 30.6 Å². The van der Waals surface area contributed by atoms with Crippen LogP contribution in [0, 0.1) is 0 Å². The van der Waals surface area contributed by atoms with Crippen LogP contribution in [0.25, 0.3) is 0 Å². The zero-order valence-electron chi connectivity index (χ0n) is 17.8. The topological polar surface area (TPSA) is 63.6 Å². The van der Waals surface area contributed by atoms with Crippen LogP contribution in [0.5, 0.6) is 11.8 Å². The average molecular weight is 420 g/mol. The Balaban J connectivity index is 1.39. The monoisotopic (exact) mass is 419 g/mol. The molecule has 162 valence electrons. The van der Waals surface area contributed by atoms with Crippen LogP contribution in [-0.2, 0) is 17.8 Å². The Hall–Kier alpha value is -2.87. The molecule has 0 radical (unpaired) electrons. The fourth-order valence-electron chi connectivity index (χ4n) is 3.72. The lowest BCUT2D eigenvalue weighted by Gasteiger charge is -2.28. The van der Waals surface area contributed by atoms with Crippen LogP contribution >= 0.6 is 0 Å². The average Bonchev–Trinajstić information content (AvgIpc) is 2.81. The van der Waals surface area contributed by atoms with Crippen molar-refractivity contribution in [1.82, 2.24) is 24.8 Å². The van der Waals surface area contributed by atoms with E-state index in [1.54, 1.807) is 18.5 Å². The summed E-state index contributed by atoms with van der Waals surface area (Å²) in [6, 6.07) is 14.4. The van der Waals surface area contributed by atoms with Crippen LogP contribution in [0.2, 0.25) is 0 Å². The molecular weight excluding hydrogens is 390 g/mol. The SMILES string of the molecule is c1cnc(Oc2cccc(CN(CCCN3CCOCC3)Cc3cccnc3)c2)nc1. The highest BCUT2D eigenvalue weighted by Crippen LogP contribution is 2.20. The summed E-state index contributed by atoms with van der Waals surface area (Å²) in [6.45, 7) is 7.57. The maximum Gasteiger partial charge on any atom is 0.321 e. The zero-order chi connectivity index (χ0) is 21.1. The van der Waals surface area contributed by atoms with Crippen LogP contribution < -0.4 is 4.74 Å². The third kappa shape index (κ3) is 7.10. The smallest absolute Gasteiger partial charge is 0.321 e. The molecule has 0 aliphatic carbocycles. The summed E-state index contributed by atoms with van der Waals surface area (Å²) < 4.78 is 11.3. The first-order valence-electron chi connectivity index (χ1n) is 10.8. The van der Waals surface area contributed by atoms with Crippen molar-refractivity contribution < 1.29 is 9.47 Å². The molecule has 0 N–H and O–H groups in total. The van der Waals surface area contributed by atoms with Gasteiger partial charge in [0.1, 0.15) is 5.75 Å². The van der Waals surface area contributed by atoms with E-state index in [9.17, 15) is 0 Å². The molecule has 2 aromatic heterocycles. The first kappa shape index (κ1) is 21.4. The summed E-state index contributed by atoms with van der Waals surface area (Å²) in [5, 5.41) is 0. The number of hydrogen-bond donors (Lipinski definition) is 0. The van der Waals surface area contributed by atoms with E-state index in [1.165, 1.54) is 11.1 Å². The van der Waals surface area contributed by atoms with E-state index >= 15 is 0 Å². The number of ether oxygens (including phenoxy) is 2. The van der Waals surface area contributed by atoms with Gasteiger partial charge in [-0.05, 0) is 48.4 Å². The van der Waals surface area contributed by atoms with Crippen molar-refractivity contribution in [3.8, 4) is 11.8 Å². The van der Waals surface area contributed by atoms with E-state index in [4.69, 9.17) is 9.47 Å². The number of benzene rings is 1. The standard InChI is InChI=1S/C24H29N5O2/c1-5-21(17-23(7-1)31-24-26-9-3-10-27-24)19-29(20-22-6-2-8-25-18-22)12-4-11-28-13-15-30-16-14-28/h1-3,5-10,17-18H,4,11-16,19-20H2. The van der Waals surface area contributed by atoms with Gasteiger partial charge in [0.05, 0.1) is 13.2 Å². The number of nitrogens with zero attached hydrogens (tertiary/aromatic N) is 5. The van der Waals surface area contributed by atoms with E-state index in [2.05, 4.69) is 43.0 Å². The van der Waals surface area contributed by atoms with Crippen molar-refractivity contribution in [1.29, 1.82) is 0 Å². The summed E-state index contributed by atoms with van der Waals surface area (Å²) in [6.07, 6.45) is 8.24. The van der Waals surface area contributed by atoms with Crippen molar-refractivity contribution in [2.45, 2.75) is 19.5 Å². The number of hydrogen-bond acceptors (Lipinski definition) is 7. The molecule has 0 saturated carbocycles. The first-order chi connectivity index (χ1) is 15.3. The second kappa shape index (κ2) is 11.5. The molecule has 0 atom stereocenters. The van der Waals surface area contributed by atoms with Crippen molar-refractivity contribution in [2.24, 2.45) is 0 Å². The number of pyridine rings is 1. The van der Waals surface area contributed by atoms with Gasteiger partial charge in [-0.3, -0.25) is 14.8 Å². The lowest BCUT2D eigenvalue weighted by Crippen LogP contribution is -2.38. The van der Waals surface area contributed by atoms with Crippen molar-refractivity contribution in [3.05, 3.63) is 78.4 Å². The Labute approximate surface area is 183 Å². The van der Waals surface area contributed by atoms with Crippen LogP contribution in [0.1, 0.15) is 17.5 Å². The van der Waals surface area contributed by atoms with Gasteiger partial charge in [0.2, 0.25) is 0 Å². The van der Waals surface area contributed by atoms with Crippen LogP contribution in [0.4, 0.5) is 0 Å². The molecule has 1 saturated heterocycles. The highest BCUT2D eigenvalue weighted by atomic mass is 16.5. The number of morpholine rings is 1. The second-order valence-electron chi connectivity index (χ2n) is 7.66. The minimum Gasteiger partial charge on any atom is -0.424 e. The summed E-state index contributed by atoms with van der Waals surface area (Å²) in [7, 11) is 0. The molecule has 1 aliphatic rings. The summed E-state index contributed by atoms with van der Waals surface area (Å²) in [4.78, 5) is 17.5. The minimum absolute atomic E-state index is 0.359. The molecule has 0 spiro atoms. The molecule has 1 aliphatic heterocycles. The van der Waals surface area contributed by atoms with Crippen molar-refractivity contribution >= 4 is 0 Å². The lowest BCUT2D eigenvalue weighted by atomic mass is 10.1. The quantitative estimate of drug-likeness (QED) is 0.499. The van der Waals surface area contributed by atoms with Crippen LogP contribution in [0.3, 0.4) is 0 Å². The fourth-order valence-corrected chi connectivity index (χ4v) is 3.72. The van der Waals surface area contributed by atoms with Gasteiger partial charge in [-0.25, -0.2) is 9.97 Å². The van der Waals surface area contributed by atoms with E-state index in [-0.39, 0.29) is 0 Å². The molecule has 4 rings (SSSR count). The molecule has 7 nitrogen and oxygen atoms in total. The summed E-state index contributed by atoms with van der Waals surface area (Å²) >= 11 is 0. The minimum atomic E-state index is 0.359. The predicted molar refractivity (Wildman–Crippen MR) is 119 cm³/mol. The third-order valence-electron chi connectivity index (χ3n) is 5.24. The van der Waals surface area contributed by atoms with Crippen LogP contribution in [-0.4, -0.2) is 64.1 Å². The Morgan fingerprint density at radius 3 is 2.55 bits per heavy atom. The van der Waals surface area contributed by atoms with E-state index in [0.29, 0.717) is 6.01 Å². The largest absolute Gasteiger partial charge is 0.424 e. The molecule has 0 amide bonds. The molecule has 1 fully saturated rings. The maximum absolute atomic E-state index is 5.81. The third-order valence-corrected chi connectivity index (χ3v) is 5.24. The lowest BCUT2D eigenvalue weighted by molar-refractivity contribution is 0.0359. The zero-order valence-corrected chi connectivity index (χ0v) is 17.8. The molecule has 3 heterocycles. The summed E-state index contributed by atoms with van der Waals surface area (Å²) in [5.74, 6) is 0.748. The number of rotatable bonds is 10. The molecular formula is C24H29N5O2. The van der Waals surface area contributed by atoms with E-state index in [0.717, 1.165) is 64.7 Å². The van der Waals surface area contributed by atoms with Gasteiger partial charge in [-0.2, -0.15) is 0 Å². The molecule has 31 heavy (non-hydrogen) atoms. The molecule has 0 unspecified atom stereocenters. The Bertz CT molecular complexity index is 904. The second-order valence-corrected chi connectivity index (χ2v) is 7.66. The Morgan fingerprint density at radius 2 is 1.74 bits per heavy atom. The maximum atomic E-state index is 5.81. The highest BCUT2D eigenvalue weighted by molar-refractivity contribution is 5.30. The fraction of sp³-hybridized carbons (Fsp3) is 0.375. The van der Waals surface area contributed by atoms with Gasteiger partial charge in [0, 0.05) is 57.5 Å². The molecule has 3 aromatic rings. The van der Waals surface area contributed by atoms with Gasteiger partial charge in [0.15, 0.2) is 0 Å². The Morgan fingerprint density at radius 1 is 0.935 bits per heavy atom. The molecule has 1 aromatic carbocycles. The first-order valence-corrected chi connectivity index (χ1v) is 10.8. The van der Waals surface area contributed by atoms with Gasteiger partial charge in [0.25, 0.3) is 0 Å². The van der Waals surface area contributed by atoms with Crippen molar-refractivity contribution in [2.75, 3.05) is 39.4 Å². The van der Waals surface area contributed by atoms with Gasteiger partial charge in [-0.1, -0.05) is 18.2 Å². The normalized spacial score (nSPS) is 14.6.